The number of nitrogens with one attached hydrogen (secondary N) is 2. The fourth-order valence-electron chi connectivity index (χ4n) is 2.93. The van der Waals surface area contributed by atoms with Crippen LogP contribution in [0.5, 0.6) is 0 Å². The van der Waals surface area contributed by atoms with E-state index in [0.29, 0.717) is 0 Å². The van der Waals surface area contributed by atoms with E-state index in [1.165, 1.54) is 0 Å². The Morgan fingerprint density at radius 2 is 1.87 bits per heavy atom. The van der Waals surface area contributed by atoms with Crippen molar-refractivity contribution in [2.45, 2.75) is 26.4 Å². The number of hydrogen-bond donors (Lipinski definition) is 2. The largest absolute Gasteiger partial charge is 0.349 e. The molecule has 0 saturated carbocycles. The second-order valence-corrected chi connectivity index (χ2v) is 7.09. The van der Waals surface area contributed by atoms with Crippen molar-refractivity contribution in [3.8, 4) is 5.69 Å². The molecule has 0 radical (unpaired) electrons. The van der Waals surface area contributed by atoms with E-state index in [1.807, 2.05) is 49.0 Å². The Balaban J connectivity index is 1.41. The fraction of sp³-hybridized carbons (Fsp3) is 0.190. The zero-order chi connectivity index (χ0) is 21.1. The Labute approximate surface area is 172 Å². The van der Waals surface area contributed by atoms with Crippen LogP contribution in [0.25, 0.3) is 11.3 Å². The van der Waals surface area contributed by atoms with Crippen molar-refractivity contribution in [2.75, 3.05) is 0 Å². The molecule has 4 aromatic heterocycles. The minimum Gasteiger partial charge on any atom is -0.349 e. The standard InChI is InChI=1S/C21H21N7O2/c1-14(2)25-21(30)18-5-3-4-17(26-18)20(29)23-10-15-11-24-28(12-15)16-6-7-19-22-8-9-27(19)13-16/h3-9,11-14H,10H2,1-2H3,(H,23,29)(H,25,30). The molecule has 0 aliphatic heterocycles. The molecular weight excluding hydrogens is 382 g/mol. The van der Waals surface area contributed by atoms with Gasteiger partial charge in [0.1, 0.15) is 17.0 Å². The van der Waals surface area contributed by atoms with E-state index in [9.17, 15) is 9.59 Å². The van der Waals surface area contributed by atoms with Gasteiger partial charge in [-0.2, -0.15) is 5.10 Å². The number of carbonyl (C=O) groups excluding carboxylic acids is 2. The molecule has 30 heavy (non-hydrogen) atoms. The Hall–Kier alpha value is -4.01. The molecule has 4 heterocycles. The van der Waals surface area contributed by atoms with E-state index in [2.05, 4.69) is 25.7 Å². The van der Waals surface area contributed by atoms with E-state index in [1.54, 1.807) is 35.3 Å². The topological polar surface area (TPSA) is 106 Å². The molecule has 4 rings (SSSR count). The van der Waals surface area contributed by atoms with Crippen molar-refractivity contribution in [2.24, 2.45) is 0 Å². The lowest BCUT2D eigenvalue weighted by molar-refractivity contribution is 0.0936. The number of pyridine rings is 2. The first kappa shape index (κ1) is 19.3. The molecule has 9 heteroatoms. The van der Waals surface area contributed by atoms with E-state index in [0.717, 1.165) is 16.9 Å². The number of fused-ring (bicyclic) bond motifs is 1. The minimum absolute atomic E-state index is 0.0113. The molecule has 152 valence electrons. The van der Waals surface area contributed by atoms with Crippen molar-refractivity contribution in [3.63, 3.8) is 0 Å². The molecule has 9 nitrogen and oxygen atoms in total. The minimum atomic E-state index is -0.359. The van der Waals surface area contributed by atoms with Gasteiger partial charge in [-0.25, -0.2) is 14.6 Å². The fourth-order valence-corrected chi connectivity index (χ4v) is 2.93. The lowest BCUT2D eigenvalue weighted by Gasteiger charge is -2.08. The lowest BCUT2D eigenvalue weighted by Crippen LogP contribution is -2.31. The highest BCUT2D eigenvalue weighted by Crippen LogP contribution is 2.11. The second-order valence-electron chi connectivity index (χ2n) is 7.09. The average Bonchev–Trinajstić information content (AvgIpc) is 3.40. The van der Waals surface area contributed by atoms with Crippen LogP contribution < -0.4 is 10.6 Å². The number of nitrogens with zero attached hydrogens (tertiary/aromatic N) is 5. The molecule has 4 aromatic rings. The summed E-state index contributed by atoms with van der Waals surface area (Å²) in [5.41, 5.74) is 2.96. The summed E-state index contributed by atoms with van der Waals surface area (Å²) in [7, 11) is 0. The summed E-state index contributed by atoms with van der Waals surface area (Å²) in [6.45, 7) is 4.01. The molecule has 0 atom stereocenters. The Bertz CT molecular complexity index is 1210. The molecule has 0 aromatic carbocycles. The molecule has 0 spiro atoms. The van der Waals surface area contributed by atoms with Crippen LogP contribution in [-0.2, 0) is 6.54 Å². The van der Waals surface area contributed by atoms with Gasteiger partial charge in [0.05, 0.1) is 11.9 Å². The normalized spacial score (nSPS) is 11.0. The van der Waals surface area contributed by atoms with Gasteiger partial charge < -0.3 is 15.0 Å². The van der Waals surface area contributed by atoms with Gasteiger partial charge in [0, 0.05) is 42.9 Å². The second kappa shape index (κ2) is 8.16. The molecule has 0 unspecified atom stereocenters. The third-order valence-corrected chi connectivity index (χ3v) is 4.36. The number of hydrogen-bond acceptors (Lipinski definition) is 5. The molecule has 0 saturated heterocycles. The monoisotopic (exact) mass is 403 g/mol. The maximum Gasteiger partial charge on any atom is 0.270 e. The maximum atomic E-state index is 12.5. The zero-order valence-electron chi connectivity index (χ0n) is 16.6. The van der Waals surface area contributed by atoms with Crippen molar-refractivity contribution < 1.29 is 9.59 Å². The van der Waals surface area contributed by atoms with Crippen molar-refractivity contribution in [1.29, 1.82) is 0 Å². The summed E-state index contributed by atoms with van der Waals surface area (Å²) in [6, 6.07) is 8.62. The van der Waals surface area contributed by atoms with Gasteiger partial charge in [-0.05, 0) is 38.1 Å². The van der Waals surface area contributed by atoms with Crippen molar-refractivity contribution >= 4 is 17.5 Å². The highest BCUT2D eigenvalue weighted by Gasteiger charge is 2.13. The molecule has 2 N–H and O–H groups in total. The van der Waals surface area contributed by atoms with Crippen LogP contribution in [0.15, 0.2) is 61.3 Å². The summed E-state index contributed by atoms with van der Waals surface area (Å²) < 4.78 is 3.64. The molecule has 0 fully saturated rings. The van der Waals surface area contributed by atoms with Gasteiger partial charge in [-0.15, -0.1) is 0 Å². The van der Waals surface area contributed by atoms with Gasteiger partial charge >= 0.3 is 0 Å². The average molecular weight is 403 g/mol. The first-order chi connectivity index (χ1) is 14.5. The number of rotatable bonds is 6. The van der Waals surface area contributed by atoms with Crippen LogP contribution in [0, 0.1) is 0 Å². The van der Waals surface area contributed by atoms with Crippen molar-refractivity contribution in [3.05, 3.63) is 78.3 Å². The summed E-state index contributed by atoms with van der Waals surface area (Å²) in [4.78, 5) is 32.9. The van der Waals surface area contributed by atoms with Gasteiger partial charge in [0.2, 0.25) is 0 Å². The summed E-state index contributed by atoms with van der Waals surface area (Å²) in [6.07, 6.45) is 9.07. The molecular formula is C21H21N7O2. The lowest BCUT2D eigenvalue weighted by atomic mass is 10.2. The van der Waals surface area contributed by atoms with Gasteiger partial charge in [-0.3, -0.25) is 9.59 Å². The predicted molar refractivity (Wildman–Crippen MR) is 110 cm³/mol. The van der Waals surface area contributed by atoms with Crippen LogP contribution in [0.3, 0.4) is 0 Å². The van der Waals surface area contributed by atoms with E-state index < -0.39 is 0 Å². The number of aromatic nitrogens is 5. The van der Waals surface area contributed by atoms with Gasteiger partial charge in [0.25, 0.3) is 11.8 Å². The first-order valence-corrected chi connectivity index (χ1v) is 9.52. The third-order valence-electron chi connectivity index (χ3n) is 4.36. The highest BCUT2D eigenvalue weighted by molar-refractivity contribution is 5.96. The summed E-state index contributed by atoms with van der Waals surface area (Å²) in [5, 5.41) is 9.93. The maximum absolute atomic E-state index is 12.5. The van der Waals surface area contributed by atoms with Crippen LogP contribution in [0.2, 0.25) is 0 Å². The Morgan fingerprint density at radius 1 is 1.07 bits per heavy atom. The SMILES string of the molecule is CC(C)NC(=O)c1cccc(C(=O)NCc2cnn(-c3ccc4nccn4c3)c2)n1. The van der Waals surface area contributed by atoms with E-state index >= 15 is 0 Å². The van der Waals surface area contributed by atoms with Crippen LogP contribution >= 0.6 is 0 Å². The smallest absolute Gasteiger partial charge is 0.270 e. The molecule has 0 bridgehead atoms. The molecule has 0 aliphatic carbocycles. The quantitative estimate of drug-likeness (QED) is 0.512. The van der Waals surface area contributed by atoms with Crippen molar-refractivity contribution in [1.82, 2.24) is 34.8 Å². The van der Waals surface area contributed by atoms with E-state index in [-0.39, 0.29) is 35.8 Å². The Morgan fingerprint density at radius 3 is 2.67 bits per heavy atom. The summed E-state index contributed by atoms with van der Waals surface area (Å²) >= 11 is 0. The molecule has 2 amide bonds. The molecule has 0 aliphatic rings. The Kier molecular flexibility index (Phi) is 5.25. The third kappa shape index (κ3) is 4.19. The highest BCUT2D eigenvalue weighted by atomic mass is 16.2. The van der Waals surface area contributed by atoms with Gasteiger partial charge in [0.15, 0.2) is 0 Å². The predicted octanol–water partition coefficient (Wildman–Crippen LogP) is 1.98. The zero-order valence-corrected chi connectivity index (χ0v) is 16.6. The van der Waals surface area contributed by atoms with E-state index in [4.69, 9.17) is 0 Å². The first-order valence-electron chi connectivity index (χ1n) is 9.52. The van der Waals surface area contributed by atoms with Crippen LogP contribution in [0.4, 0.5) is 0 Å². The van der Waals surface area contributed by atoms with Gasteiger partial charge in [-0.1, -0.05) is 6.07 Å². The van der Waals surface area contributed by atoms with Crippen LogP contribution in [-0.4, -0.2) is 42.0 Å². The number of imidazole rings is 1. The number of carbonyl (C=O) groups is 2. The summed E-state index contributed by atoms with van der Waals surface area (Å²) in [5.74, 6) is -0.669. The van der Waals surface area contributed by atoms with Crippen LogP contribution in [0.1, 0.15) is 40.4 Å². The number of amides is 2.